The minimum Gasteiger partial charge on any atom is -0.478 e. The second-order valence-electron chi connectivity index (χ2n) is 6.41. The molecule has 7 heteroatoms. The van der Waals surface area contributed by atoms with E-state index in [-0.39, 0.29) is 5.56 Å². The van der Waals surface area contributed by atoms with Crippen molar-refractivity contribution in [1.82, 2.24) is 9.29 Å². The molecule has 0 aliphatic carbocycles. The molecule has 0 bridgehead atoms. The van der Waals surface area contributed by atoms with Gasteiger partial charge >= 0.3 is 5.97 Å². The van der Waals surface area contributed by atoms with Crippen LogP contribution in [0.1, 0.15) is 22.3 Å². The first-order chi connectivity index (χ1) is 11.8. The van der Waals surface area contributed by atoms with Gasteiger partial charge in [-0.2, -0.15) is 0 Å². The Kier molecular flexibility index (Phi) is 4.87. The lowest BCUT2D eigenvalue weighted by atomic mass is 9.98. The summed E-state index contributed by atoms with van der Waals surface area (Å²) in [4.78, 5) is 15.3. The molecule has 0 saturated carbocycles. The number of aromatic carboxylic acids is 1. The van der Waals surface area contributed by atoms with Crippen LogP contribution >= 0.6 is 0 Å². The quantitative estimate of drug-likeness (QED) is 0.884. The van der Waals surface area contributed by atoms with Crippen LogP contribution in [-0.2, 0) is 16.4 Å². The molecule has 3 rings (SSSR count). The van der Waals surface area contributed by atoms with Crippen LogP contribution in [0.5, 0.6) is 0 Å². The summed E-state index contributed by atoms with van der Waals surface area (Å²) in [5.74, 6) is -0.649. The van der Waals surface area contributed by atoms with E-state index in [9.17, 15) is 13.2 Å². The summed E-state index contributed by atoms with van der Waals surface area (Å²) < 4.78 is 24.8. The minimum absolute atomic E-state index is 0.242. The molecule has 25 heavy (non-hydrogen) atoms. The molecular formula is C18H20N2O4S. The van der Waals surface area contributed by atoms with Crippen LogP contribution in [0.15, 0.2) is 42.6 Å². The predicted molar refractivity (Wildman–Crippen MR) is 94.9 cm³/mol. The molecular weight excluding hydrogens is 340 g/mol. The maximum absolute atomic E-state index is 11.6. The van der Waals surface area contributed by atoms with Crippen molar-refractivity contribution in [1.29, 1.82) is 0 Å². The van der Waals surface area contributed by atoms with E-state index < -0.39 is 16.0 Å². The largest absolute Gasteiger partial charge is 0.478 e. The Morgan fingerprint density at radius 2 is 2.00 bits per heavy atom. The molecule has 2 aromatic rings. The molecule has 6 nitrogen and oxygen atoms in total. The molecule has 1 atom stereocenters. The van der Waals surface area contributed by atoms with Crippen LogP contribution in [0, 0.1) is 5.92 Å². The fourth-order valence-corrected chi connectivity index (χ4v) is 4.06. The summed E-state index contributed by atoms with van der Waals surface area (Å²) in [5.41, 5.74) is 2.99. The zero-order chi connectivity index (χ0) is 18.0. The van der Waals surface area contributed by atoms with Crippen molar-refractivity contribution in [2.24, 2.45) is 5.92 Å². The average Bonchev–Trinajstić information content (AvgIpc) is 3.04. The third kappa shape index (κ3) is 4.24. The summed E-state index contributed by atoms with van der Waals surface area (Å²) in [6.07, 6.45) is 4.65. The normalized spacial score (nSPS) is 18.4. The first-order valence-electron chi connectivity index (χ1n) is 8.07. The van der Waals surface area contributed by atoms with E-state index in [1.807, 2.05) is 12.1 Å². The molecule has 2 heterocycles. The number of aromatic nitrogens is 1. The summed E-state index contributed by atoms with van der Waals surface area (Å²) in [7, 11) is -3.12. The lowest BCUT2D eigenvalue weighted by Gasteiger charge is -2.13. The second-order valence-corrected chi connectivity index (χ2v) is 8.39. The molecule has 0 spiro atoms. The maximum atomic E-state index is 11.6. The van der Waals surface area contributed by atoms with Gasteiger partial charge < -0.3 is 5.11 Å². The van der Waals surface area contributed by atoms with Gasteiger partial charge in [0.2, 0.25) is 10.0 Å². The van der Waals surface area contributed by atoms with Gasteiger partial charge in [0.15, 0.2) is 0 Å². The lowest BCUT2D eigenvalue weighted by molar-refractivity contribution is 0.0697. The highest BCUT2D eigenvalue weighted by Gasteiger charge is 2.28. The van der Waals surface area contributed by atoms with Crippen LogP contribution in [0.4, 0.5) is 0 Å². The van der Waals surface area contributed by atoms with Gasteiger partial charge in [-0.15, -0.1) is 0 Å². The number of benzene rings is 1. The smallest absolute Gasteiger partial charge is 0.335 e. The average molecular weight is 360 g/mol. The number of carboxylic acid groups (broad SMARTS) is 1. The van der Waals surface area contributed by atoms with E-state index in [1.165, 1.54) is 10.6 Å². The number of hydrogen-bond acceptors (Lipinski definition) is 4. The number of rotatable bonds is 5. The molecule has 1 aromatic carbocycles. The number of pyridine rings is 1. The molecule has 1 unspecified atom stereocenters. The minimum atomic E-state index is -3.12. The van der Waals surface area contributed by atoms with E-state index in [2.05, 4.69) is 4.98 Å². The zero-order valence-corrected chi connectivity index (χ0v) is 14.7. The summed E-state index contributed by atoms with van der Waals surface area (Å²) >= 11 is 0. The van der Waals surface area contributed by atoms with Gasteiger partial charge in [-0.05, 0) is 48.6 Å². The van der Waals surface area contributed by atoms with Gasteiger partial charge in [0, 0.05) is 24.8 Å². The molecule has 0 amide bonds. The SMILES string of the molecule is CS(=O)(=O)N1CCC(Cc2ccnc(-c3ccc(C(=O)O)cc3)c2)C1. The van der Waals surface area contributed by atoms with Crippen LogP contribution in [0.3, 0.4) is 0 Å². The summed E-state index contributed by atoms with van der Waals surface area (Å²) in [5, 5.41) is 8.97. The van der Waals surface area contributed by atoms with Crippen molar-refractivity contribution in [3.63, 3.8) is 0 Å². The Morgan fingerprint density at radius 3 is 2.60 bits per heavy atom. The van der Waals surface area contributed by atoms with Gasteiger partial charge in [0.25, 0.3) is 0 Å². The number of carbonyl (C=O) groups is 1. The van der Waals surface area contributed by atoms with Gasteiger partial charge in [-0.1, -0.05) is 12.1 Å². The highest BCUT2D eigenvalue weighted by atomic mass is 32.2. The van der Waals surface area contributed by atoms with Crippen molar-refractivity contribution >= 4 is 16.0 Å². The lowest BCUT2D eigenvalue weighted by Crippen LogP contribution is -2.27. The van der Waals surface area contributed by atoms with Crippen LogP contribution in [0.25, 0.3) is 11.3 Å². The van der Waals surface area contributed by atoms with Gasteiger partial charge in [0.05, 0.1) is 17.5 Å². The molecule has 1 fully saturated rings. The number of carboxylic acids is 1. The van der Waals surface area contributed by atoms with Gasteiger partial charge in [0.1, 0.15) is 0 Å². The van der Waals surface area contributed by atoms with E-state index in [4.69, 9.17) is 5.11 Å². The van der Waals surface area contributed by atoms with Crippen LogP contribution < -0.4 is 0 Å². The Labute approximate surface area is 147 Å². The number of hydrogen-bond donors (Lipinski definition) is 1. The van der Waals surface area contributed by atoms with Crippen molar-refractivity contribution < 1.29 is 18.3 Å². The van der Waals surface area contributed by atoms with Crippen molar-refractivity contribution in [2.45, 2.75) is 12.8 Å². The monoisotopic (exact) mass is 360 g/mol. The van der Waals surface area contributed by atoms with E-state index in [1.54, 1.807) is 30.5 Å². The fourth-order valence-electron chi connectivity index (χ4n) is 3.14. The van der Waals surface area contributed by atoms with Gasteiger partial charge in [-0.25, -0.2) is 17.5 Å². The first kappa shape index (κ1) is 17.6. The highest BCUT2D eigenvalue weighted by molar-refractivity contribution is 7.88. The van der Waals surface area contributed by atoms with Gasteiger partial charge in [-0.3, -0.25) is 4.98 Å². The zero-order valence-electron chi connectivity index (χ0n) is 13.9. The standard InChI is InChI=1S/C18H20N2O4S/c1-25(23,24)20-9-7-14(12-20)10-13-6-8-19-17(11-13)15-2-4-16(5-3-15)18(21)22/h2-6,8,11,14H,7,9-10,12H2,1H3,(H,21,22). The topological polar surface area (TPSA) is 87.6 Å². The third-order valence-electron chi connectivity index (χ3n) is 4.49. The summed E-state index contributed by atoms with van der Waals surface area (Å²) in [6, 6.07) is 10.5. The second kappa shape index (κ2) is 6.93. The fraction of sp³-hybridized carbons (Fsp3) is 0.333. The molecule has 1 aliphatic rings. The summed E-state index contributed by atoms with van der Waals surface area (Å²) in [6.45, 7) is 1.14. The van der Waals surface area contributed by atoms with Crippen molar-refractivity contribution in [3.8, 4) is 11.3 Å². The molecule has 0 radical (unpaired) electrons. The molecule has 1 aromatic heterocycles. The van der Waals surface area contributed by atoms with Crippen LogP contribution in [-0.4, -0.2) is 48.1 Å². The first-order valence-corrected chi connectivity index (χ1v) is 9.91. The third-order valence-corrected chi connectivity index (χ3v) is 5.76. The van der Waals surface area contributed by atoms with Crippen molar-refractivity contribution in [3.05, 3.63) is 53.7 Å². The Morgan fingerprint density at radius 1 is 1.28 bits per heavy atom. The maximum Gasteiger partial charge on any atom is 0.335 e. The van der Waals surface area contributed by atoms with E-state index >= 15 is 0 Å². The molecule has 132 valence electrons. The molecule has 1 saturated heterocycles. The Balaban J connectivity index is 1.73. The Bertz CT molecular complexity index is 878. The van der Waals surface area contributed by atoms with Crippen LogP contribution in [0.2, 0.25) is 0 Å². The number of nitrogens with zero attached hydrogens (tertiary/aromatic N) is 2. The molecule has 1 aliphatic heterocycles. The molecule has 1 N–H and O–H groups in total. The number of sulfonamides is 1. The highest BCUT2D eigenvalue weighted by Crippen LogP contribution is 2.25. The predicted octanol–water partition coefficient (Wildman–Crippen LogP) is 2.27. The van der Waals surface area contributed by atoms with E-state index in [0.29, 0.717) is 19.0 Å². The Hall–Kier alpha value is -2.25. The van der Waals surface area contributed by atoms with E-state index in [0.717, 1.165) is 29.7 Å². The van der Waals surface area contributed by atoms with Crippen molar-refractivity contribution in [2.75, 3.05) is 19.3 Å².